The molecule has 5 heteroatoms. The number of rotatable bonds is 3. The maximum atomic E-state index is 11.9. The summed E-state index contributed by atoms with van der Waals surface area (Å²) in [4.78, 5) is 10.9. The molecule has 0 aliphatic rings. The van der Waals surface area contributed by atoms with E-state index in [9.17, 15) is 18.0 Å². The van der Waals surface area contributed by atoms with Gasteiger partial charge in [0.05, 0.1) is 0 Å². The second kappa shape index (κ2) is 5.01. The molecule has 1 aromatic carbocycles. The summed E-state index contributed by atoms with van der Waals surface area (Å²) >= 11 is 0. The number of alkyl halides is 3. The van der Waals surface area contributed by atoms with Gasteiger partial charge in [0.1, 0.15) is 6.42 Å². The average molecular weight is 231 g/mol. The zero-order valence-electron chi connectivity index (χ0n) is 8.77. The lowest BCUT2D eigenvalue weighted by molar-refractivity contribution is -0.153. The molecule has 0 bridgehead atoms. The summed E-state index contributed by atoms with van der Waals surface area (Å²) in [7, 11) is 0. The lowest BCUT2D eigenvalue weighted by Gasteiger charge is -2.09. The van der Waals surface area contributed by atoms with E-state index in [0.29, 0.717) is 0 Å². The summed E-state index contributed by atoms with van der Waals surface area (Å²) < 4.78 is 35.6. The summed E-state index contributed by atoms with van der Waals surface area (Å²) in [6, 6.07) is 7.21. The van der Waals surface area contributed by atoms with Crippen LogP contribution in [0.1, 0.15) is 17.5 Å². The highest BCUT2D eigenvalue weighted by Gasteiger charge is 2.30. The van der Waals surface area contributed by atoms with Gasteiger partial charge in [0, 0.05) is 6.54 Å². The van der Waals surface area contributed by atoms with Gasteiger partial charge in [-0.05, 0) is 18.1 Å². The highest BCUT2D eigenvalue weighted by Crippen LogP contribution is 2.19. The zero-order chi connectivity index (χ0) is 12.2. The molecule has 88 valence electrons. The molecule has 0 atom stereocenters. The summed E-state index contributed by atoms with van der Waals surface area (Å²) in [6.07, 6.45) is -5.88. The Morgan fingerprint density at radius 3 is 2.50 bits per heavy atom. The molecule has 0 heterocycles. The molecule has 2 nitrogen and oxygen atoms in total. The topological polar surface area (TPSA) is 29.1 Å². The standard InChI is InChI=1S/C11H12F3NO/c1-8-4-2-3-5-9(8)7-15-10(16)6-11(12,13)14/h2-5H,6-7H2,1H3,(H,15,16). The van der Waals surface area contributed by atoms with Crippen LogP contribution >= 0.6 is 0 Å². The summed E-state index contributed by atoms with van der Waals surface area (Å²) in [5, 5.41) is 2.24. The Morgan fingerprint density at radius 1 is 1.31 bits per heavy atom. The van der Waals surface area contributed by atoms with E-state index >= 15 is 0 Å². The lowest BCUT2D eigenvalue weighted by atomic mass is 10.1. The molecule has 0 aliphatic heterocycles. The Kier molecular flexibility index (Phi) is 3.93. The molecule has 1 aromatic rings. The SMILES string of the molecule is Cc1ccccc1CNC(=O)CC(F)(F)F. The lowest BCUT2D eigenvalue weighted by Crippen LogP contribution is -2.28. The van der Waals surface area contributed by atoms with Crippen molar-refractivity contribution >= 4 is 5.91 Å². The number of amides is 1. The van der Waals surface area contributed by atoms with Crippen molar-refractivity contribution in [1.29, 1.82) is 0 Å². The van der Waals surface area contributed by atoms with Crippen LogP contribution in [-0.4, -0.2) is 12.1 Å². The maximum absolute atomic E-state index is 11.9. The van der Waals surface area contributed by atoms with Crippen LogP contribution in [0.2, 0.25) is 0 Å². The van der Waals surface area contributed by atoms with Gasteiger partial charge >= 0.3 is 6.18 Å². The fraction of sp³-hybridized carbons (Fsp3) is 0.364. The molecular weight excluding hydrogens is 219 g/mol. The minimum Gasteiger partial charge on any atom is -0.352 e. The highest BCUT2D eigenvalue weighted by atomic mass is 19.4. The molecule has 1 N–H and O–H groups in total. The van der Waals surface area contributed by atoms with E-state index in [1.807, 2.05) is 19.1 Å². The van der Waals surface area contributed by atoms with Crippen LogP contribution in [0, 0.1) is 6.92 Å². The molecule has 0 radical (unpaired) electrons. The van der Waals surface area contributed by atoms with Gasteiger partial charge in [-0.2, -0.15) is 13.2 Å². The number of carbonyl (C=O) groups is 1. The minimum absolute atomic E-state index is 0.127. The Labute approximate surface area is 91.5 Å². The van der Waals surface area contributed by atoms with Crippen LogP contribution < -0.4 is 5.32 Å². The second-order valence-electron chi connectivity index (χ2n) is 3.50. The molecule has 16 heavy (non-hydrogen) atoms. The molecule has 0 saturated carbocycles. The maximum Gasteiger partial charge on any atom is 0.397 e. The van der Waals surface area contributed by atoms with Crippen LogP contribution in [0.25, 0.3) is 0 Å². The van der Waals surface area contributed by atoms with E-state index in [-0.39, 0.29) is 6.54 Å². The van der Waals surface area contributed by atoms with Crippen molar-refractivity contribution in [2.75, 3.05) is 0 Å². The zero-order valence-corrected chi connectivity index (χ0v) is 8.77. The van der Waals surface area contributed by atoms with Crippen molar-refractivity contribution in [2.24, 2.45) is 0 Å². The van der Waals surface area contributed by atoms with Crippen LogP contribution in [0.4, 0.5) is 13.2 Å². The first-order valence-corrected chi connectivity index (χ1v) is 4.76. The van der Waals surface area contributed by atoms with Crippen molar-refractivity contribution in [2.45, 2.75) is 26.1 Å². The van der Waals surface area contributed by atoms with Gasteiger partial charge < -0.3 is 5.32 Å². The highest BCUT2D eigenvalue weighted by molar-refractivity contribution is 5.76. The largest absolute Gasteiger partial charge is 0.397 e. The monoisotopic (exact) mass is 231 g/mol. The molecule has 1 rings (SSSR count). The van der Waals surface area contributed by atoms with E-state index in [1.165, 1.54) is 0 Å². The third-order valence-electron chi connectivity index (χ3n) is 2.10. The van der Waals surface area contributed by atoms with Crippen molar-refractivity contribution in [3.05, 3.63) is 35.4 Å². The molecule has 0 aliphatic carbocycles. The first-order chi connectivity index (χ1) is 7.38. The van der Waals surface area contributed by atoms with Gasteiger partial charge in [0.15, 0.2) is 0 Å². The van der Waals surface area contributed by atoms with Crippen molar-refractivity contribution in [3.63, 3.8) is 0 Å². The first-order valence-electron chi connectivity index (χ1n) is 4.76. The number of nitrogens with one attached hydrogen (secondary N) is 1. The molecule has 0 aromatic heterocycles. The Balaban J connectivity index is 2.47. The number of halogens is 3. The van der Waals surface area contributed by atoms with Crippen molar-refractivity contribution in [3.8, 4) is 0 Å². The normalized spacial score (nSPS) is 11.2. The quantitative estimate of drug-likeness (QED) is 0.851. The van der Waals surface area contributed by atoms with E-state index in [0.717, 1.165) is 11.1 Å². The van der Waals surface area contributed by atoms with E-state index < -0.39 is 18.5 Å². The third kappa shape index (κ3) is 4.33. The van der Waals surface area contributed by atoms with Gasteiger partial charge in [-0.3, -0.25) is 4.79 Å². The molecule has 0 spiro atoms. The molecular formula is C11H12F3NO. The molecule has 0 fully saturated rings. The third-order valence-corrected chi connectivity index (χ3v) is 2.10. The number of benzene rings is 1. The van der Waals surface area contributed by atoms with Crippen LogP contribution in [0.3, 0.4) is 0 Å². The number of hydrogen-bond acceptors (Lipinski definition) is 1. The van der Waals surface area contributed by atoms with Gasteiger partial charge in [-0.15, -0.1) is 0 Å². The van der Waals surface area contributed by atoms with Gasteiger partial charge in [0.25, 0.3) is 0 Å². The van der Waals surface area contributed by atoms with Gasteiger partial charge in [0.2, 0.25) is 5.91 Å². The summed E-state index contributed by atoms with van der Waals surface area (Å²) in [6.45, 7) is 1.97. The van der Waals surface area contributed by atoms with Gasteiger partial charge in [-0.25, -0.2) is 0 Å². The molecule has 0 unspecified atom stereocenters. The van der Waals surface area contributed by atoms with Crippen molar-refractivity contribution in [1.82, 2.24) is 5.32 Å². The first kappa shape index (κ1) is 12.5. The molecule has 0 saturated heterocycles. The number of aryl methyl sites for hydroxylation is 1. The number of carbonyl (C=O) groups excluding carboxylic acids is 1. The smallest absolute Gasteiger partial charge is 0.352 e. The van der Waals surface area contributed by atoms with Crippen molar-refractivity contribution < 1.29 is 18.0 Å². The number of hydrogen-bond donors (Lipinski definition) is 1. The predicted molar refractivity (Wildman–Crippen MR) is 53.7 cm³/mol. The van der Waals surface area contributed by atoms with E-state index in [4.69, 9.17) is 0 Å². The summed E-state index contributed by atoms with van der Waals surface area (Å²) in [5.41, 5.74) is 1.76. The van der Waals surface area contributed by atoms with Crippen LogP contribution in [-0.2, 0) is 11.3 Å². The van der Waals surface area contributed by atoms with Crippen LogP contribution in [0.5, 0.6) is 0 Å². The Morgan fingerprint density at radius 2 is 1.94 bits per heavy atom. The second-order valence-corrected chi connectivity index (χ2v) is 3.50. The Hall–Kier alpha value is -1.52. The van der Waals surface area contributed by atoms with Crippen LogP contribution in [0.15, 0.2) is 24.3 Å². The van der Waals surface area contributed by atoms with Gasteiger partial charge in [-0.1, -0.05) is 24.3 Å². The average Bonchev–Trinajstić information content (AvgIpc) is 2.14. The van der Waals surface area contributed by atoms with E-state index in [1.54, 1.807) is 12.1 Å². The predicted octanol–water partition coefficient (Wildman–Crippen LogP) is 2.56. The fourth-order valence-electron chi connectivity index (χ4n) is 1.25. The fourth-order valence-corrected chi connectivity index (χ4v) is 1.25. The van der Waals surface area contributed by atoms with E-state index in [2.05, 4.69) is 5.32 Å². The summed E-state index contributed by atoms with van der Waals surface area (Å²) in [5.74, 6) is -1.00. The molecule has 1 amide bonds. The Bertz CT molecular complexity index is 374. The minimum atomic E-state index is -4.45.